The number of rotatable bonds is 8. The van der Waals surface area contributed by atoms with E-state index < -0.39 is 5.97 Å². The molecule has 5 heteroatoms. The van der Waals surface area contributed by atoms with Gasteiger partial charge in [0.1, 0.15) is 5.75 Å². The minimum Gasteiger partial charge on any atom is -0.494 e. The lowest BCUT2D eigenvalue weighted by atomic mass is 10.1. The fourth-order valence-corrected chi connectivity index (χ4v) is 2.08. The highest BCUT2D eigenvalue weighted by molar-refractivity contribution is 6.21. The standard InChI is InChI=1S/C14H20ClNO3/c1-3-19-12-6-4-11(5-7-12)13(15)10-16(2)9-8-14(17)18/h4-7,13H,3,8-10H2,1-2H3,(H,17,18). The Morgan fingerprint density at radius 2 is 2.05 bits per heavy atom. The Hall–Kier alpha value is -1.26. The molecule has 0 fully saturated rings. The molecule has 1 N–H and O–H groups in total. The second-order valence-electron chi connectivity index (χ2n) is 4.38. The number of aliphatic carboxylic acids is 1. The van der Waals surface area contributed by atoms with Crippen LogP contribution >= 0.6 is 11.6 Å². The molecule has 0 aliphatic carbocycles. The van der Waals surface area contributed by atoms with Crippen molar-refractivity contribution in [3.05, 3.63) is 29.8 Å². The monoisotopic (exact) mass is 285 g/mol. The predicted molar refractivity (Wildman–Crippen MR) is 76.0 cm³/mol. The number of carbonyl (C=O) groups is 1. The third-order valence-electron chi connectivity index (χ3n) is 2.73. The van der Waals surface area contributed by atoms with Crippen molar-refractivity contribution in [2.75, 3.05) is 26.7 Å². The van der Waals surface area contributed by atoms with E-state index in [0.29, 0.717) is 19.7 Å². The molecule has 1 aromatic carbocycles. The molecule has 19 heavy (non-hydrogen) atoms. The molecule has 1 rings (SSSR count). The highest BCUT2D eigenvalue weighted by atomic mass is 35.5. The van der Waals surface area contributed by atoms with E-state index in [-0.39, 0.29) is 11.8 Å². The summed E-state index contributed by atoms with van der Waals surface area (Å²) in [6.45, 7) is 3.69. The number of halogens is 1. The van der Waals surface area contributed by atoms with Crippen LogP contribution in [0.15, 0.2) is 24.3 Å². The van der Waals surface area contributed by atoms with E-state index in [1.165, 1.54) is 0 Å². The Morgan fingerprint density at radius 1 is 1.42 bits per heavy atom. The maximum Gasteiger partial charge on any atom is 0.304 e. The molecule has 0 aliphatic heterocycles. The second-order valence-corrected chi connectivity index (χ2v) is 4.90. The zero-order valence-electron chi connectivity index (χ0n) is 11.3. The van der Waals surface area contributed by atoms with Gasteiger partial charge in [0.2, 0.25) is 0 Å². The van der Waals surface area contributed by atoms with E-state index in [1.54, 1.807) is 0 Å². The average Bonchev–Trinajstić information content (AvgIpc) is 2.37. The molecule has 1 atom stereocenters. The minimum atomic E-state index is -0.793. The van der Waals surface area contributed by atoms with Crippen LogP contribution in [0.2, 0.25) is 0 Å². The van der Waals surface area contributed by atoms with Crippen LogP contribution in [-0.2, 0) is 4.79 Å². The van der Waals surface area contributed by atoms with Gasteiger partial charge in [-0.05, 0) is 31.7 Å². The van der Waals surface area contributed by atoms with Crippen LogP contribution in [0, 0.1) is 0 Å². The van der Waals surface area contributed by atoms with Crippen LogP contribution in [0.5, 0.6) is 5.75 Å². The largest absolute Gasteiger partial charge is 0.494 e. The molecule has 0 saturated carbocycles. The van der Waals surface area contributed by atoms with Crippen LogP contribution in [0.4, 0.5) is 0 Å². The van der Waals surface area contributed by atoms with Gasteiger partial charge in [0.25, 0.3) is 0 Å². The zero-order valence-corrected chi connectivity index (χ0v) is 12.1. The van der Waals surface area contributed by atoms with Crippen LogP contribution in [0.25, 0.3) is 0 Å². The molecule has 0 radical (unpaired) electrons. The molecule has 0 aromatic heterocycles. The van der Waals surface area contributed by atoms with E-state index in [0.717, 1.165) is 11.3 Å². The van der Waals surface area contributed by atoms with Gasteiger partial charge in [0, 0.05) is 13.1 Å². The molecule has 0 saturated heterocycles. The van der Waals surface area contributed by atoms with E-state index >= 15 is 0 Å². The first-order valence-electron chi connectivity index (χ1n) is 6.30. The minimum absolute atomic E-state index is 0.128. The summed E-state index contributed by atoms with van der Waals surface area (Å²) < 4.78 is 5.37. The topological polar surface area (TPSA) is 49.8 Å². The number of hydrogen-bond donors (Lipinski definition) is 1. The molecule has 1 unspecified atom stereocenters. The Morgan fingerprint density at radius 3 is 2.58 bits per heavy atom. The molecule has 0 spiro atoms. The van der Waals surface area contributed by atoms with Crippen LogP contribution in [0.3, 0.4) is 0 Å². The van der Waals surface area contributed by atoms with Crippen molar-refractivity contribution in [3.8, 4) is 5.75 Å². The van der Waals surface area contributed by atoms with Crippen molar-refractivity contribution < 1.29 is 14.6 Å². The normalized spacial score (nSPS) is 12.4. The summed E-state index contributed by atoms with van der Waals surface area (Å²) in [7, 11) is 1.87. The molecule has 0 heterocycles. The second kappa shape index (κ2) is 8.02. The fraction of sp³-hybridized carbons (Fsp3) is 0.500. The quantitative estimate of drug-likeness (QED) is 0.746. The number of nitrogens with zero attached hydrogens (tertiary/aromatic N) is 1. The molecule has 0 amide bonds. The summed E-state index contributed by atoms with van der Waals surface area (Å²) >= 11 is 6.32. The van der Waals surface area contributed by atoms with Crippen molar-refractivity contribution in [1.82, 2.24) is 4.90 Å². The van der Waals surface area contributed by atoms with Gasteiger partial charge in [0.15, 0.2) is 0 Å². The summed E-state index contributed by atoms with van der Waals surface area (Å²) in [6.07, 6.45) is 0.128. The molecule has 4 nitrogen and oxygen atoms in total. The summed E-state index contributed by atoms with van der Waals surface area (Å²) in [5, 5.41) is 8.46. The van der Waals surface area contributed by atoms with Gasteiger partial charge in [-0.2, -0.15) is 0 Å². The molecule has 1 aromatic rings. The van der Waals surface area contributed by atoms with Gasteiger partial charge in [-0.15, -0.1) is 11.6 Å². The number of likely N-dealkylation sites (N-methyl/N-ethyl adjacent to an activating group) is 1. The maximum atomic E-state index is 10.5. The van der Waals surface area contributed by atoms with Gasteiger partial charge < -0.3 is 14.7 Å². The van der Waals surface area contributed by atoms with E-state index in [1.807, 2.05) is 43.1 Å². The first-order chi connectivity index (χ1) is 9.02. The third kappa shape index (κ3) is 5.94. The van der Waals surface area contributed by atoms with Crippen molar-refractivity contribution in [2.24, 2.45) is 0 Å². The average molecular weight is 286 g/mol. The highest BCUT2D eigenvalue weighted by Crippen LogP contribution is 2.23. The van der Waals surface area contributed by atoms with Crippen molar-refractivity contribution in [2.45, 2.75) is 18.7 Å². The van der Waals surface area contributed by atoms with E-state index in [9.17, 15) is 4.79 Å². The zero-order chi connectivity index (χ0) is 14.3. The lowest BCUT2D eigenvalue weighted by Gasteiger charge is -2.19. The SMILES string of the molecule is CCOc1ccc(C(Cl)CN(C)CCC(=O)O)cc1. The van der Waals surface area contributed by atoms with Gasteiger partial charge in [0.05, 0.1) is 18.4 Å². The van der Waals surface area contributed by atoms with Crippen molar-refractivity contribution in [3.63, 3.8) is 0 Å². The van der Waals surface area contributed by atoms with Crippen LogP contribution in [0.1, 0.15) is 24.3 Å². The lowest BCUT2D eigenvalue weighted by molar-refractivity contribution is -0.137. The number of ether oxygens (including phenoxy) is 1. The number of hydrogen-bond acceptors (Lipinski definition) is 3. The summed E-state index contributed by atoms with van der Waals surface area (Å²) in [5.74, 6) is 0.0355. The number of carboxylic acid groups (broad SMARTS) is 1. The molecule has 0 aliphatic rings. The molecule has 106 valence electrons. The van der Waals surface area contributed by atoms with Gasteiger partial charge in [-0.1, -0.05) is 12.1 Å². The van der Waals surface area contributed by atoms with Crippen molar-refractivity contribution in [1.29, 1.82) is 0 Å². The maximum absolute atomic E-state index is 10.5. The third-order valence-corrected chi connectivity index (χ3v) is 3.12. The number of benzene rings is 1. The van der Waals surface area contributed by atoms with E-state index in [2.05, 4.69) is 0 Å². The molecular weight excluding hydrogens is 266 g/mol. The predicted octanol–water partition coefficient (Wildman–Crippen LogP) is 2.77. The van der Waals surface area contributed by atoms with Crippen molar-refractivity contribution >= 4 is 17.6 Å². The molecular formula is C14H20ClNO3. The smallest absolute Gasteiger partial charge is 0.304 e. The fourth-order valence-electron chi connectivity index (χ4n) is 1.70. The van der Waals surface area contributed by atoms with E-state index in [4.69, 9.17) is 21.4 Å². The first-order valence-corrected chi connectivity index (χ1v) is 6.73. The van der Waals surface area contributed by atoms with Crippen LogP contribution in [-0.4, -0.2) is 42.7 Å². The molecule has 0 bridgehead atoms. The number of alkyl halides is 1. The van der Waals surface area contributed by atoms with Gasteiger partial charge in [-0.25, -0.2) is 0 Å². The summed E-state index contributed by atoms with van der Waals surface area (Å²) in [4.78, 5) is 12.4. The van der Waals surface area contributed by atoms with Crippen LogP contribution < -0.4 is 4.74 Å². The van der Waals surface area contributed by atoms with Gasteiger partial charge >= 0.3 is 5.97 Å². The number of carboxylic acids is 1. The highest BCUT2D eigenvalue weighted by Gasteiger charge is 2.12. The van der Waals surface area contributed by atoms with Gasteiger partial charge in [-0.3, -0.25) is 4.79 Å². The Kier molecular flexibility index (Phi) is 6.67. The summed E-state index contributed by atoms with van der Waals surface area (Å²) in [6, 6.07) is 7.66. The summed E-state index contributed by atoms with van der Waals surface area (Å²) in [5.41, 5.74) is 1.01. The lowest BCUT2D eigenvalue weighted by Crippen LogP contribution is -2.25. The first kappa shape index (κ1) is 15.8. The Balaban J connectivity index is 2.47. The Labute approximate surface area is 118 Å². The Bertz CT molecular complexity index is 394.